The average molecular weight is 557 g/mol. The fourth-order valence-corrected chi connectivity index (χ4v) is 3.86. The van der Waals surface area contributed by atoms with E-state index >= 15 is 0 Å². The molecule has 0 atom stereocenters. The molecule has 1 amide bonds. The van der Waals surface area contributed by atoms with Crippen LogP contribution >= 0.6 is 35.6 Å². The van der Waals surface area contributed by atoms with Crippen LogP contribution in [-0.4, -0.2) is 38.7 Å². The van der Waals surface area contributed by atoms with Gasteiger partial charge in [0.25, 0.3) is 0 Å². The van der Waals surface area contributed by atoms with Crippen molar-refractivity contribution in [2.45, 2.75) is 25.9 Å². The number of aliphatic imine (C=N–C) groups is 1. The molecule has 166 valence electrons. The summed E-state index contributed by atoms with van der Waals surface area (Å²) in [4.78, 5) is 18.0. The number of halogens is 2. The molecule has 2 aliphatic rings. The summed E-state index contributed by atoms with van der Waals surface area (Å²) in [7, 11) is 1.73. The Balaban J connectivity index is 0.00000272. The van der Waals surface area contributed by atoms with Gasteiger partial charge in [0.1, 0.15) is 13.2 Å². The van der Waals surface area contributed by atoms with Crippen LogP contribution < -0.4 is 25.0 Å². The standard InChI is InChI=1S/C22H25ClN4O3.HI/c1-24-22(26-14-16-11-18(23)21-19(12-16)29-9-10-30-21)25-13-15-4-6-17(7-5-15)27-8-2-3-20(27)28;/h4-7,11-12H,2-3,8-10,13-14H2,1H3,(H2,24,25,26);1H. The van der Waals surface area contributed by atoms with Crippen molar-refractivity contribution in [1.82, 2.24) is 10.6 Å². The van der Waals surface area contributed by atoms with E-state index in [9.17, 15) is 4.79 Å². The Morgan fingerprint density at radius 2 is 1.81 bits per heavy atom. The van der Waals surface area contributed by atoms with Gasteiger partial charge in [-0.15, -0.1) is 24.0 Å². The van der Waals surface area contributed by atoms with Crippen LogP contribution in [-0.2, 0) is 17.9 Å². The van der Waals surface area contributed by atoms with Gasteiger partial charge in [-0.25, -0.2) is 0 Å². The van der Waals surface area contributed by atoms with E-state index in [1.807, 2.05) is 41.3 Å². The lowest BCUT2D eigenvalue weighted by atomic mass is 10.2. The zero-order valence-electron chi connectivity index (χ0n) is 17.3. The Bertz CT molecular complexity index is 953. The first-order valence-electron chi connectivity index (χ1n) is 10.1. The lowest BCUT2D eigenvalue weighted by molar-refractivity contribution is -0.117. The number of nitrogens with zero attached hydrogens (tertiary/aromatic N) is 2. The molecule has 2 heterocycles. The van der Waals surface area contributed by atoms with Crippen molar-refractivity contribution in [1.29, 1.82) is 0 Å². The first kappa shape index (κ1) is 23.5. The minimum absolute atomic E-state index is 0. The maximum atomic E-state index is 11.9. The summed E-state index contributed by atoms with van der Waals surface area (Å²) < 4.78 is 11.2. The van der Waals surface area contributed by atoms with Gasteiger partial charge in [0, 0.05) is 38.8 Å². The highest BCUT2D eigenvalue weighted by Gasteiger charge is 2.21. The van der Waals surface area contributed by atoms with Crippen LogP contribution in [0.25, 0.3) is 0 Å². The number of guanidine groups is 1. The van der Waals surface area contributed by atoms with Crippen LogP contribution in [0.1, 0.15) is 24.0 Å². The Labute approximate surface area is 204 Å². The lowest BCUT2D eigenvalue weighted by Gasteiger charge is -2.20. The molecule has 0 spiro atoms. The highest BCUT2D eigenvalue weighted by Crippen LogP contribution is 2.38. The van der Waals surface area contributed by atoms with Crippen molar-refractivity contribution in [3.8, 4) is 11.5 Å². The third kappa shape index (κ3) is 5.74. The minimum Gasteiger partial charge on any atom is -0.486 e. The van der Waals surface area contributed by atoms with Gasteiger partial charge in [-0.1, -0.05) is 23.7 Å². The number of rotatable bonds is 5. The number of ether oxygens (including phenoxy) is 2. The molecule has 7 nitrogen and oxygen atoms in total. The minimum atomic E-state index is 0. The van der Waals surface area contributed by atoms with E-state index in [0.29, 0.717) is 55.2 Å². The van der Waals surface area contributed by atoms with E-state index in [4.69, 9.17) is 21.1 Å². The number of benzene rings is 2. The Hall–Kier alpha value is -2.20. The molecule has 2 aromatic carbocycles. The second kappa shape index (κ2) is 10.9. The third-order valence-corrected chi connectivity index (χ3v) is 5.40. The van der Waals surface area contributed by atoms with E-state index in [1.165, 1.54) is 0 Å². The number of carbonyl (C=O) groups excluding carboxylic acids is 1. The largest absolute Gasteiger partial charge is 0.486 e. The van der Waals surface area contributed by atoms with Crippen molar-refractivity contribution in [3.63, 3.8) is 0 Å². The van der Waals surface area contributed by atoms with Gasteiger partial charge in [-0.3, -0.25) is 9.79 Å². The van der Waals surface area contributed by atoms with Crippen LogP contribution in [0.5, 0.6) is 11.5 Å². The molecule has 0 saturated carbocycles. The number of hydrogen-bond acceptors (Lipinski definition) is 4. The molecule has 2 aromatic rings. The Kier molecular flexibility index (Phi) is 8.25. The molecule has 31 heavy (non-hydrogen) atoms. The first-order valence-corrected chi connectivity index (χ1v) is 10.4. The number of fused-ring (bicyclic) bond motifs is 1. The summed E-state index contributed by atoms with van der Waals surface area (Å²) in [6.45, 7) is 3.00. The predicted octanol–water partition coefficient (Wildman–Crippen LogP) is 3.72. The molecule has 2 aliphatic heterocycles. The van der Waals surface area contributed by atoms with Gasteiger partial charge in [0.05, 0.1) is 5.02 Å². The number of hydrogen-bond donors (Lipinski definition) is 2. The number of anilines is 1. The van der Waals surface area contributed by atoms with E-state index in [0.717, 1.165) is 29.8 Å². The SMILES string of the molecule is CN=C(NCc1ccc(N2CCCC2=O)cc1)NCc1cc(Cl)c2c(c1)OCCO2.I. The predicted molar refractivity (Wildman–Crippen MR) is 133 cm³/mol. The van der Waals surface area contributed by atoms with Gasteiger partial charge >= 0.3 is 0 Å². The normalized spacial score (nSPS) is 15.5. The van der Waals surface area contributed by atoms with Crippen molar-refractivity contribution < 1.29 is 14.3 Å². The van der Waals surface area contributed by atoms with Crippen molar-refractivity contribution in [2.75, 3.05) is 31.7 Å². The molecule has 4 rings (SSSR count). The molecule has 0 bridgehead atoms. The fraction of sp³-hybridized carbons (Fsp3) is 0.364. The van der Waals surface area contributed by atoms with E-state index < -0.39 is 0 Å². The fourth-order valence-electron chi connectivity index (χ4n) is 3.57. The van der Waals surface area contributed by atoms with Gasteiger partial charge in [0.15, 0.2) is 17.5 Å². The van der Waals surface area contributed by atoms with Crippen molar-refractivity contribution in [2.24, 2.45) is 4.99 Å². The first-order chi connectivity index (χ1) is 14.6. The van der Waals surface area contributed by atoms with E-state index in [-0.39, 0.29) is 29.9 Å². The molecular weight excluding hydrogens is 531 g/mol. The maximum Gasteiger partial charge on any atom is 0.227 e. The zero-order chi connectivity index (χ0) is 20.9. The highest BCUT2D eigenvalue weighted by atomic mass is 127. The summed E-state index contributed by atoms with van der Waals surface area (Å²) in [5.41, 5.74) is 3.04. The van der Waals surface area contributed by atoms with Crippen LogP contribution in [0.4, 0.5) is 5.69 Å². The van der Waals surface area contributed by atoms with Crippen LogP contribution in [0.3, 0.4) is 0 Å². The summed E-state index contributed by atoms with van der Waals surface area (Å²) in [6.07, 6.45) is 1.57. The van der Waals surface area contributed by atoms with Crippen LogP contribution in [0, 0.1) is 0 Å². The maximum absolute atomic E-state index is 11.9. The molecule has 9 heteroatoms. The zero-order valence-corrected chi connectivity index (χ0v) is 20.4. The smallest absolute Gasteiger partial charge is 0.227 e. The molecule has 0 aliphatic carbocycles. The molecule has 1 saturated heterocycles. The van der Waals surface area contributed by atoms with Crippen molar-refractivity contribution >= 4 is 53.1 Å². The van der Waals surface area contributed by atoms with Crippen molar-refractivity contribution in [3.05, 3.63) is 52.5 Å². The molecule has 0 unspecified atom stereocenters. The van der Waals surface area contributed by atoms with Crippen LogP contribution in [0.2, 0.25) is 5.02 Å². The van der Waals surface area contributed by atoms with Crippen LogP contribution in [0.15, 0.2) is 41.4 Å². The summed E-state index contributed by atoms with van der Waals surface area (Å²) in [5.74, 6) is 2.16. The van der Waals surface area contributed by atoms with Gasteiger partial charge in [0.2, 0.25) is 5.91 Å². The number of carbonyl (C=O) groups is 1. The molecular formula is C22H26ClIN4O3. The Morgan fingerprint density at radius 1 is 1.10 bits per heavy atom. The molecule has 1 fully saturated rings. The molecule has 0 aromatic heterocycles. The highest BCUT2D eigenvalue weighted by molar-refractivity contribution is 14.0. The summed E-state index contributed by atoms with van der Waals surface area (Å²) in [5, 5.41) is 7.13. The number of nitrogens with one attached hydrogen (secondary N) is 2. The number of amides is 1. The quantitative estimate of drug-likeness (QED) is 0.334. The van der Waals surface area contributed by atoms with E-state index in [1.54, 1.807) is 7.05 Å². The topological polar surface area (TPSA) is 75.2 Å². The van der Waals surface area contributed by atoms with Gasteiger partial charge < -0.3 is 25.0 Å². The Morgan fingerprint density at radius 3 is 2.48 bits per heavy atom. The monoisotopic (exact) mass is 556 g/mol. The second-order valence-electron chi connectivity index (χ2n) is 7.20. The van der Waals surface area contributed by atoms with E-state index in [2.05, 4.69) is 15.6 Å². The molecule has 2 N–H and O–H groups in total. The summed E-state index contributed by atoms with van der Waals surface area (Å²) >= 11 is 6.30. The van der Waals surface area contributed by atoms with Gasteiger partial charge in [-0.05, 0) is 41.8 Å². The molecule has 0 radical (unpaired) electrons. The lowest BCUT2D eigenvalue weighted by Crippen LogP contribution is -2.36. The second-order valence-corrected chi connectivity index (χ2v) is 7.60. The summed E-state index contributed by atoms with van der Waals surface area (Å²) in [6, 6.07) is 11.8. The third-order valence-electron chi connectivity index (χ3n) is 5.12. The van der Waals surface area contributed by atoms with Gasteiger partial charge in [-0.2, -0.15) is 0 Å². The average Bonchev–Trinajstić information content (AvgIpc) is 3.20.